The molecule has 2 heterocycles. The average Bonchev–Trinajstić information content (AvgIpc) is 3.24. The Morgan fingerprint density at radius 3 is 2.56 bits per heavy atom. The first-order valence-corrected chi connectivity index (χ1v) is 10.7. The topological polar surface area (TPSA) is 68.4 Å². The molecular formula is C25H23F3N4O2. The van der Waals surface area contributed by atoms with Gasteiger partial charge in [-0.15, -0.1) is 0 Å². The molecule has 1 N–H and O–H groups in total. The first kappa shape index (κ1) is 23.3. The summed E-state index contributed by atoms with van der Waals surface area (Å²) in [5.74, 6) is -0.367. The number of alkyl halides is 3. The summed E-state index contributed by atoms with van der Waals surface area (Å²) in [6.07, 6.45) is -1.22. The van der Waals surface area contributed by atoms with Crippen LogP contribution in [0.3, 0.4) is 0 Å². The summed E-state index contributed by atoms with van der Waals surface area (Å²) in [5, 5.41) is 7.08. The lowest BCUT2D eigenvalue weighted by Crippen LogP contribution is -2.27. The normalized spacial score (nSPS) is 11.7. The quantitative estimate of drug-likeness (QED) is 0.453. The van der Waals surface area contributed by atoms with Gasteiger partial charge >= 0.3 is 6.18 Å². The number of hydrogen-bond acceptors (Lipinski definition) is 3. The first-order valence-electron chi connectivity index (χ1n) is 10.7. The van der Waals surface area contributed by atoms with Crippen molar-refractivity contribution >= 4 is 11.4 Å². The van der Waals surface area contributed by atoms with Crippen LogP contribution in [0.2, 0.25) is 0 Å². The maximum atomic E-state index is 12.9. The van der Waals surface area contributed by atoms with Gasteiger partial charge < -0.3 is 9.88 Å². The van der Waals surface area contributed by atoms with E-state index in [0.29, 0.717) is 16.8 Å². The van der Waals surface area contributed by atoms with Crippen molar-refractivity contribution in [2.45, 2.75) is 39.5 Å². The fourth-order valence-electron chi connectivity index (χ4n) is 3.61. The third kappa shape index (κ3) is 5.03. The Morgan fingerprint density at radius 2 is 1.82 bits per heavy atom. The molecule has 0 radical (unpaired) electrons. The van der Waals surface area contributed by atoms with Crippen molar-refractivity contribution in [3.63, 3.8) is 0 Å². The molecule has 0 saturated carbocycles. The fourth-order valence-corrected chi connectivity index (χ4v) is 3.61. The Labute approximate surface area is 193 Å². The molecule has 2 aromatic heterocycles. The van der Waals surface area contributed by atoms with Crippen molar-refractivity contribution in [3.8, 4) is 11.3 Å². The Bertz CT molecular complexity index is 1420. The third-order valence-electron chi connectivity index (χ3n) is 5.73. The molecule has 0 bridgehead atoms. The lowest BCUT2D eigenvalue weighted by Gasteiger charge is -2.10. The fraction of sp³-hybridized carbons (Fsp3) is 0.240. The minimum atomic E-state index is -4.44. The number of nitrogens with zero attached hydrogens (tertiary/aromatic N) is 3. The monoisotopic (exact) mass is 468 g/mol. The zero-order valence-corrected chi connectivity index (χ0v) is 18.7. The van der Waals surface area contributed by atoms with Crippen molar-refractivity contribution in [2.24, 2.45) is 0 Å². The number of nitrogens with one attached hydrogen (secondary N) is 1. The highest BCUT2D eigenvalue weighted by Gasteiger charge is 2.30. The highest BCUT2D eigenvalue weighted by atomic mass is 19.4. The van der Waals surface area contributed by atoms with Gasteiger partial charge in [-0.05, 0) is 54.8 Å². The van der Waals surface area contributed by atoms with Gasteiger partial charge in [-0.3, -0.25) is 9.59 Å². The molecule has 4 rings (SSSR count). The van der Waals surface area contributed by atoms with Crippen LogP contribution in [0.15, 0.2) is 65.7 Å². The molecule has 0 aliphatic rings. The molecule has 0 fully saturated rings. The highest BCUT2D eigenvalue weighted by Crippen LogP contribution is 2.29. The SMILES string of the molecule is Cc1ccc(-c2cc3c(=O)n(CCC(=O)NCc4cccc(C(F)(F)F)c4)ccn3n2)cc1C. The van der Waals surface area contributed by atoms with E-state index in [0.717, 1.165) is 23.3 Å². The van der Waals surface area contributed by atoms with Crippen LogP contribution in [-0.2, 0) is 24.1 Å². The van der Waals surface area contributed by atoms with Crippen LogP contribution in [-0.4, -0.2) is 20.1 Å². The van der Waals surface area contributed by atoms with Gasteiger partial charge in [0.1, 0.15) is 5.52 Å². The molecule has 0 aliphatic carbocycles. The molecule has 9 heteroatoms. The van der Waals surface area contributed by atoms with Crippen LogP contribution >= 0.6 is 0 Å². The van der Waals surface area contributed by atoms with Gasteiger partial charge in [0.2, 0.25) is 5.91 Å². The third-order valence-corrected chi connectivity index (χ3v) is 5.73. The summed E-state index contributed by atoms with van der Waals surface area (Å²) in [6, 6.07) is 12.5. The number of carbonyl (C=O) groups excluding carboxylic acids is 1. The molecule has 0 spiro atoms. The number of benzene rings is 2. The van der Waals surface area contributed by atoms with Gasteiger partial charge in [0.15, 0.2) is 0 Å². The predicted octanol–water partition coefficient (Wildman–Crippen LogP) is 4.51. The molecule has 176 valence electrons. The van der Waals surface area contributed by atoms with E-state index in [1.54, 1.807) is 18.5 Å². The second-order valence-electron chi connectivity index (χ2n) is 8.18. The van der Waals surface area contributed by atoms with Crippen molar-refractivity contribution in [1.29, 1.82) is 0 Å². The van der Waals surface area contributed by atoms with Gasteiger partial charge in [0, 0.05) is 37.5 Å². The second kappa shape index (κ2) is 9.17. The molecular weight excluding hydrogens is 445 g/mol. The molecule has 2 aromatic carbocycles. The lowest BCUT2D eigenvalue weighted by molar-refractivity contribution is -0.137. The molecule has 0 aliphatic heterocycles. The molecule has 0 saturated heterocycles. The average molecular weight is 468 g/mol. The number of carbonyl (C=O) groups is 1. The van der Waals surface area contributed by atoms with E-state index < -0.39 is 11.7 Å². The summed E-state index contributed by atoms with van der Waals surface area (Å²) in [6.45, 7) is 4.14. The Hall–Kier alpha value is -3.88. The molecule has 34 heavy (non-hydrogen) atoms. The van der Waals surface area contributed by atoms with E-state index in [9.17, 15) is 22.8 Å². The number of aromatic nitrogens is 3. The number of rotatable bonds is 6. The number of aryl methyl sites for hydroxylation is 3. The van der Waals surface area contributed by atoms with Crippen molar-refractivity contribution in [1.82, 2.24) is 19.5 Å². The van der Waals surface area contributed by atoms with Crippen LogP contribution in [0.4, 0.5) is 13.2 Å². The van der Waals surface area contributed by atoms with Gasteiger partial charge in [-0.2, -0.15) is 18.3 Å². The smallest absolute Gasteiger partial charge is 0.352 e. The van der Waals surface area contributed by atoms with Gasteiger partial charge in [0.25, 0.3) is 5.56 Å². The summed E-state index contributed by atoms with van der Waals surface area (Å²) in [5.41, 5.74) is 3.57. The first-order chi connectivity index (χ1) is 16.1. The Kier molecular flexibility index (Phi) is 6.28. The molecule has 4 aromatic rings. The summed E-state index contributed by atoms with van der Waals surface area (Å²) < 4.78 is 41.4. The summed E-state index contributed by atoms with van der Waals surface area (Å²) in [7, 11) is 0. The van der Waals surface area contributed by atoms with Crippen molar-refractivity contribution in [2.75, 3.05) is 0 Å². The zero-order valence-electron chi connectivity index (χ0n) is 18.7. The van der Waals surface area contributed by atoms with E-state index in [2.05, 4.69) is 10.4 Å². The van der Waals surface area contributed by atoms with Crippen LogP contribution in [0.1, 0.15) is 28.7 Å². The predicted molar refractivity (Wildman–Crippen MR) is 122 cm³/mol. The van der Waals surface area contributed by atoms with E-state index >= 15 is 0 Å². The molecule has 0 atom stereocenters. The molecule has 0 unspecified atom stereocenters. The highest BCUT2D eigenvalue weighted by molar-refractivity contribution is 5.75. The zero-order chi connectivity index (χ0) is 24.5. The van der Waals surface area contributed by atoms with Crippen LogP contribution in [0, 0.1) is 13.8 Å². The van der Waals surface area contributed by atoms with Gasteiger partial charge in [0.05, 0.1) is 11.3 Å². The van der Waals surface area contributed by atoms with Crippen LogP contribution in [0.25, 0.3) is 16.8 Å². The number of halogens is 3. The maximum absolute atomic E-state index is 12.9. The lowest BCUT2D eigenvalue weighted by atomic mass is 10.0. The van der Waals surface area contributed by atoms with Crippen molar-refractivity contribution < 1.29 is 18.0 Å². The summed E-state index contributed by atoms with van der Waals surface area (Å²) in [4.78, 5) is 25.1. The van der Waals surface area contributed by atoms with E-state index in [4.69, 9.17) is 0 Å². The Balaban J connectivity index is 1.42. The number of hydrogen-bond donors (Lipinski definition) is 1. The van der Waals surface area contributed by atoms with Gasteiger partial charge in [-0.25, -0.2) is 4.52 Å². The minimum Gasteiger partial charge on any atom is -0.352 e. The molecule has 6 nitrogen and oxygen atoms in total. The van der Waals surface area contributed by atoms with Crippen LogP contribution in [0.5, 0.6) is 0 Å². The largest absolute Gasteiger partial charge is 0.416 e. The van der Waals surface area contributed by atoms with E-state index in [1.165, 1.54) is 26.8 Å². The van der Waals surface area contributed by atoms with Crippen LogP contribution < -0.4 is 10.9 Å². The minimum absolute atomic E-state index is 0.00714. The standard InChI is InChI=1S/C25H23F3N4O2/c1-16-6-7-19(12-17(16)2)21-14-22-24(34)31(10-11-32(22)30-21)9-8-23(33)29-15-18-4-3-5-20(13-18)25(26,27)28/h3-7,10-14H,8-9,15H2,1-2H3,(H,29,33). The Morgan fingerprint density at radius 1 is 1.03 bits per heavy atom. The van der Waals surface area contributed by atoms with E-state index in [1.807, 2.05) is 32.0 Å². The van der Waals surface area contributed by atoms with Crippen molar-refractivity contribution in [3.05, 3.63) is 93.5 Å². The summed E-state index contributed by atoms with van der Waals surface area (Å²) >= 11 is 0. The number of amides is 1. The number of fused-ring (bicyclic) bond motifs is 1. The maximum Gasteiger partial charge on any atom is 0.416 e. The second-order valence-corrected chi connectivity index (χ2v) is 8.18. The molecule has 1 amide bonds. The van der Waals surface area contributed by atoms with E-state index in [-0.39, 0.29) is 31.0 Å². The van der Waals surface area contributed by atoms with Gasteiger partial charge in [-0.1, -0.05) is 24.3 Å².